The Morgan fingerprint density at radius 1 is 1.20 bits per heavy atom. The second kappa shape index (κ2) is 11.0. The molecule has 0 saturated heterocycles. The van der Waals surface area contributed by atoms with E-state index in [1.165, 1.54) is 18.4 Å². The molecule has 2 aromatic rings. The summed E-state index contributed by atoms with van der Waals surface area (Å²) in [6, 6.07) is 5.94. The maximum atomic E-state index is 13.0. The number of carbonyl (C=O) groups excluding carboxylic acids is 1. The highest BCUT2D eigenvalue weighted by Crippen LogP contribution is 2.52. The van der Waals surface area contributed by atoms with Crippen LogP contribution in [-0.4, -0.2) is 22.1 Å². The first-order valence-electron chi connectivity index (χ1n) is 13.3. The highest BCUT2D eigenvalue weighted by atomic mass is 16.5. The second-order valence-electron chi connectivity index (χ2n) is 11.1. The van der Waals surface area contributed by atoms with Crippen molar-refractivity contribution < 1.29 is 19.2 Å². The van der Waals surface area contributed by atoms with E-state index in [4.69, 9.17) is 4.52 Å². The lowest BCUT2D eigenvalue weighted by Gasteiger charge is -2.36. The van der Waals surface area contributed by atoms with Gasteiger partial charge in [0.15, 0.2) is 0 Å². The molecular weight excluding hydrogens is 440 g/mol. The van der Waals surface area contributed by atoms with Gasteiger partial charge >= 0.3 is 5.97 Å². The minimum absolute atomic E-state index is 0.00204. The molecule has 0 radical (unpaired) electrons. The standard InChI is InChI=1S/C29H40N2O4/c1-5-17(2)13-20-14-23(15-20)28-27(21-7-8-21)29(35-31-28)22(9-11-26(33)34)16-25(32)30-24-10-6-18(3)12-19(24)4/h6,10,12,17,20-23H,5,7-9,11,13-16H2,1-4H3,(H,30,32)(H,33,34)/t17?,20?,22-,23?/m0/s1. The number of benzene rings is 1. The monoisotopic (exact) mass is 480 g/mol. The van der Waals surface area contributed by atoms with Gasteiger partial charge in [0.1, 0.15) is 5.76 Å². The van der Waals surface area contributed by atoms with Gasteiger partial charge in [-0.2, -0.15) is 0 Å². The molecule has 0 bridgehead atoms. The highest BCUT2D eigenvalue weighted by molar-refractivity contribution is 5.92. The Bertz CT molecular complexity index is 1050. The molecule has 35 heavy (non-hydrogen) atoms. The summed E-state index contributed by atoms with van der Waals surface area (Å²) in [5.74, 6) is 1.88. The van der Waals surface area contributed by atoms with Crippen molar-refractivity contribution >= 4 is 17.6 Å². The number of carbonyl (C=O) groups is 2. The van der Waals surface area contributed by atoms with Crippen LogP contribution in [0.3, 0.4) is 0 Å². The molecule has 2 atom stereocenters. The predicted molar refractivity (Wildman–Crippen MR) is 137 cm³/mol. The van der Waals surface area contributed by atoms with E-state index in [1.807, 2.05) is 32.0 Å². The third kappa shape index (κ3) is 6.33. The average Bonchev–Trinajstić information content (AvgIpc) is 3.53. The highest BCUT2D eigenvalue weighted by Gasteiger charge is 2.41. The third-order valence-corrected chi connectivity index (χ3v) is 7.99. The molecule has 6 heteroatoms. The van der Waals surface area contributed by atoms with Crippen molar-refractivity contribution in [3.05, 3.63) is 46.3 Å². The largest absolute Gasteiger partial charge is 0.481 e. The van der Waals surface area contributed by atoms with Crippen LogP contribution in [0.4, 0.5) is 5.69 Å². The van der Waals surface area contributed by atoms with E-state index < -0.39 is 5.97 Å². The SMILES string of the molecule is CCC(C)CC1CC(c2noc([C@@H](CCC(=O)O)CC(=O)Nc3ccc(C)cc3C)c2C2CC2)C1. The molecule has 1 heterocycles. The van der Waals surface area contributed by atoms with Crippen molar-refractivity contribution in [1.29, 1.82) is 0 Å². The molecule has 1 aromatic carbocycles. The lowest BCUT2D eigenvalue weighted by Crippen LogP contribution is -2.24. The van der Waals surface area contributed by atoms with Crippen LogP contribution in [0.5, 0.6) is 0 Å². The summed E-state index contributed by atoms with van der Waals surface area (Å²) in [6.07, 6.45) is 7.60. The van der Waals surface area contributed by atoms with Crippen molar-refractivity contribution in [2.45, 2.75) is 103 Å². The fraction of sp³-hybridized carbons (Fsp3) is 0.621. The Balaban J connectivity index is 1.50. The van der Waals surface area contributed by atoms with E-state index in [0.717, 1.165) is 65.8 Å². The molecule has 2 fully saturated rings. The van der Waals surface area contributed by atoms with Crippen molar-refractivity contribution in [1.82, 2.24) is 5.16 Å². The molecule has 190 valence electrons. The van der Waals surface area contributed by atoms with Crippen molar-refractivity contribution in [3.63, 3.8) is 0 Å². The molecule has 1 amide bonds. The van der Waals surface area contributed by atoms with E-state index in [1.54, 1.807) is 0 Å². The number of carboxylic acid groups (broad SMARTS) is 1. The van der Waals surface area contributed by atoms with Gasteiger partial charge in [-0.05, 0) is 81.8 Å². The van der Waals surface area contributed by atoms with Crippen LogP contribution in [0.15, 0.2) is 22.7 Å². The minimum Gasteiger partial charge on any atom is -0.481 e. The zero-order valence-electron chi connectivity index (χ0n) is 21.6. The minimum atomic E-state index is -0.857. The third-order valence-electron chi connectivity index (χ3n) is 7.99. The number of aryl methyl sites for hydroxylation is 2. The molecule has 6 nitrogen and oxygen atoms in total. The van der Waals surface area contributed by atoms with E-state index in [9.17, 15) is 14.7 Å². The van der Waals surface area contributed by atoms with Gasteiger partial charge in [-0.1, -0.05) is 43.1 Å². The van der Waals surface area contributed by atoms with E-state index in [2.05, 4.69) is 24.3 Å². The zero-order valence-corrected chi connectivity index (χ0v) is 21.6. The fourth-order valence-electron chi connectivity index (χ4n) is 5.58. The quantitative estimate of drug-likeness (QED) is 0.339. The number of aromatic nitrogens is 1. The number of anilines is 1. The van der Waals surface area contributed by atoms with Crippen LogP contribution in [-0.2, 0) is 9.59 Å². The number of nitrogens with zero attached hydrogens (tertiary/aromatic N) is 1. The van der Waals surface area contributed by atoms with Crippen LogP contribution in [0, 0.1) is 25.7 Å². The molecular formula is C29H40N2O4. The maximum absolute atomic E-state index is 13.0. The molecule has 2 N–H and O–H groups in total. The summed E-state index contributed by atoms with van der Waals surface area (Å²) < 4.78 is 5.95. The Hall–Kier alpha value is -2.63. The first kappa shape index (κ1) is 25.5. The summed E-state index contributed by atoms with van der Waals surface area (Å²) in [5.41, 5.74) is 5.22. The molecule has 1 unspecified atom stereocenters. The summed E-state index contributed by atoms with van der Waals surface area (Å²) in [5, 5.41) is 16.9. The zero-order chi connectivity index (χ0) is 25.1. The maximum Gasteiger partial charge on any atom is 0.303 e. The summed E-state index contributed by atoms with van der Waals surface area (Å²) in [4.78, 5) is 24.4. The lowest BCUT2D eigenvalue weighted by molar-refractivity contribution is -0.137. The molecule has 2 aliphatic carbocycles. The fourth-order valence-corrected chi connectivity index (χ4v) is 5.58. The number of nitrogens with one attached hydrogen (secondary N) is 1. The van der Waals surface area contributed by atoms with E-state index >= 15 is 0 Å². The summed E-state index contributed by atoms with van der Waals surface area (Å²) in [7, 11) is 0. The predicted octanol–water partition coefficient (Wildman–Crippen LogP) is 7.08. The molecule has 0 aliphatic heterocycles. The Morgan fingerprint density at radius 3 is 2.57 bits per heavy atom. The normalized spacial score (nSPS) is 21.3. The van der Waals surface area contributed by atoms with Crippen LogP contribution < -0.4 is 5.32 Å². The van der Waals surface area contributed by atoms with Gasteiger partial charge < -0.3 is 14.9 Å². The van der Waals surface area contributed by atoms with Gasteiger partial charge in [0.2, 0.25) is 5.91 Å². The topological polar surface area (TPSA) is 92.4 Å². The number of rotatable bonds is 12. The number of amides is 1. The first-order valence-corrected chi connectivity index (χ1v) is 13.3. The van der Waals surface area contributed by atoms with Gasteiger partial charge in [-0.25, -0.2) is 0 Å². The molecule has 2 saturated carbocycles. The van der Waals surface area contributed by atoms with Crippen molar-refractivity contribution in [2.75, 3.05) is 5.32 Å². The van der Waals surface area contributed by atoms with Crippen LogP contribution >= 0.6 is 0 Å². The molecule has 0 spiro atoms. The summed E-state index contributed by atoms with van der Waals surface area (Å²) >= 11 is 0. The van der Waals surface area contributed by atoms with Gasteiger partial charge in [0.25, 0.3) is 0 Å². The van der Waals surface area contributed by atoms with Gasteiger partial charge in [0, 0.05) is 35.9 Å². The Kier molecular flexibility index (Phi) is 7.98. The number of hydrogen-bond donors (Lipinski definition) is 2. The van der Waals surface area contributed by atoms with E-state index in [0.29, 0.717) is 18.3 Å². The number of hydrogen-bond acceptors (Lipinski definition) is 4. The molecule has 4 rings (SSSR count). The molecule has 1 aromatic heterocycles. The Morgan fingerprint density at radius 2 is 1.94 bits per heavy atom. The second-order valence-corrected chi connectivity index (χ2v) is 11.1. The van der Waals surface area contributed by atoms with E-state index in [-0.39, 0.29) is 24.7 Å². The van der Waals surface area contributed by atoms with Crippen molar-refractivity contribution in [3.8, 4) is 0 Å². The average molecular weight is 481 g/mol. The van der Waals surface area contributed by atoms with Gasteiger partial charge in [-0.3, -0.25) is 9.59 Å². The first-order chi connectivity index (χ1) is 16.7. The number of aliphatic carboxylic acids is 1. The summed E-state index contributed by atoms with van der Waals surface area (Å²) in [6.45, 7) is 8.58. The Labute approximate surface area is 208 Å². The lowest BCUT2D eigenvalue weighted by atomic mass is 9.68. The van der Waals surface area contributed by atoms with Crippen LogP contribution in [0.2, 0.25) is 0 Å². The van der Waals surface area contributed by atoms with Gasteiger partial charge in [0.05, 0.1) is 5.69 Å². The smallest absolute Gasteiger partial charge is 0.303 e. The van der Waals surface area contributed by atoms with Crippen molar-refractivity contribution in [2.24, 2.45) is 11.8 Å². The van der Waals surface area contributed by atoms with Crippen LogP contribution in [0.1, 0.15) is 118 Å². The van der Waals surface area contributed by atoms with Gasteiger partial charge in [-0.15, -0.1) is 0 Å². The molecule has 2 aliphatic rings. The van der Waals surface area contributed by atoms with Crippen LogP contribution in [0.25, 0.3) is 0 Å². The number of carboxylic acids is 1.